The molecule has 0 amide bonds. The number of hydrogen-bond acceptors (Lipinski definition) is 0. The van der Waals surface area contributed by atoms with Crippen molar-refractivity contribution in [3.8, 4) is 0 Å². The third-order valence-electron chi connectivity index (χ3n) is 2.02. The monoisotopic (exact) mass is 202 g/mol. The van der Waals surface area contributed by atoms with Gasteiger partial charge in [0.15, 0.2) is 0 Å². The molecule has 0 aromatic heterocycles. The summed E-state index contributed by atoms with van der Waals surface area (Å²) in [6.07, 6.45) is 1.07. The second kappa shape index (κ2) is 4.74. The Labute approximate surface area is 83.5 Å². The van der Waals surface area contributed by atoms with E-state index in [4.69, 9.17) is 23.2 Å². The summed E-state index contributed by atoms with van der Waals surface area (Å²) >= 11 is 11.6. The zero-order chi connectivity index (χ0) is 8.97. The number of rotatable bonds is 3. The van der Waals surface area contributed by atoms with Gasteiger partial charge in [0.2, 0.25) is 0 Å². The highest BCUT2D eigenvalue weighted by Crippen LogP contribution is 2.22. The molecule has 1 aromatic carbocycles. The SMILES string of the molecule is CCC(CCl)c1ccc(Cl)cc1. The normalized spacial score (nSPS) is 12.9. The molecule has 12 heavy (non-hydrogen) atoms. The van der Waals surface area contributed by atoms with Gasteiger partial charge in [0.25, 0.3) is 0 Å². The van der Waals surface area contributed by atoms with Gasteiger partial charge in [-0.15, -0.1) is 11.6 Å². The minimum absolute atomic E-state index is 0.462. The summed E-state index contributed by atoms with van der Waals surface area (Å²) in [5.41, 5.74) is 1.27. The molecule has 0 radical (unpaired) electrons. The first-order valence-electron chi connectivity index (χ1n) is 4.09. The van der Waals surface area contributed by atoms with E-state index in [-0.39, 0.29) is 0 Å². The average Bonchev–Trinajstić information content (AvgIpc) is 2.10. The molecule has 0 bridgehead atoms. The van der Waals surface area contributed by atoms with E-state index < -0.39 is 0 Å². The highest BCUT2D eigenvalue weighted by atomic mass is 35.5. The Bertz CT molecular complexity index is 224. The third-order valence-corrected chi connectivity index (χ3v) is 2.64. The van der Waals surface area contributed by atoms with Crippen LogP contribution in [0, 0.1) is 0 Å². The number of alkyl halides is 1. The van der Waals surface area contributed by atoms with Gasteiger partial charge in [0.05, 0.1) is 0 Å². The van der Waals surface area contributed by atoms with Crippen LogP contribution in [0.2, 0.25) is 5.02 Å². The fraction of sp³-hybridized carbons (Fsp3) is 0.400. The Balaban J connectivity index is 2.80. The Morgan fingerprint density at radius 2 is 1.83 bits per heavy atom. The lowest BCUT2D eigenvalue weighted by Crippen LogP contribution is -1.97. The van der Waals surface area contributed by atoms with Gasteiger partial charge in [-0.05, 0) is 30.0 Å². The second-order valence-corrected chi connectivity index (χ2v) is 3.56. The molecule has 66 valence electrons. The van der Waals surface area contributed by atoms with E-state index in [2.05, 4.69) is 6.92 Å². The van der Waals surface area contributed by atoms with Crippen LogP contribution in [-0.4, -0.2) is 5.88 Å². The molecule has 0 N–H and O–H groups in total. The van der Waals surface area contributed by atoms with Crippen LogP contribution in [0.1, 0.15) is 24.8 Å². The number of hydrogen-bond donors (Lipinski definition) is 0. The lowest BCUT2D eigenvalue weighted by atomic mass is 9.99. The van der Waals surface area contributed by atoms with Crippen molar-refractivity contribution in [2.45, 2.75) is 19.3 Å². The molecule has 0 nitrogen and oxygen atoms in total. The van der Waals surface area contributed by atoms with E-state index in [0.29, 0.717) is 11.8 Å². The maximum atomic E-state index is 5.81. The summed E-state index contributed by atoms with van der Waals surface area (Å²) in [7, 11) is 0. The lowest BCUT2D eigenvalue weighted by Gasteiger charge is -2.10. The summed E-state index contributed by atoms with van der Waals surface area (Å²) < 4.78 is 0. The molecule has 1 rings (SSSR count). The molecule has 0 saturated heterocycles. The van der Waals surface area contributed by atoms with Crippen molar-refractivity contribution in [2.75, 3.05) is 5.88 Å². The molecule has 0 aliphatic heterocycles. The van der Waals surface area contributed by atoms with Crippen LogP contribution in [0.25, 0.3) is 0 Å². The van der Waals surface area contributed by atoms with Crippen LogP contribution in [-0.2, 0) is 0 Å². The first-order chi connectivity index (χ1) is 5.77. The van der Waals surface area contributed by atoms with E-state index in [1.807, 2.05) is 24.3 Å². The highest BCUT2D eigenvalue weighted by Gasteiger charge is 2.06. The lowest BCUT2D eigenvalue weighted by molar-refractivity contribution is 0.740. The van der Waals surface area contributed by atoms with Crippen LogP contribution in [0.5, 0.6) is 0 Å². The predicted octanol–water partition coefficient (Wildman–Crippen LogP) is 4.07. The van der Waals surface area contributed by atoms with Gasteiger partial charge in [-0.1, -0.05) is 30.7 Å². The zero-order valence-electron chi connectivity index (χ0n) is 7.06. The number of halogens is 2. The Hall–Kier alpha value is -0.200. The maximum Gasteiger partial charge on any atom is 0.0406 e. The topological polar surface area (TPSA) is 0 Å². The summed E-state index contributed by atoms with van der Waals surface area (Å²) in [5, 5.41) is 0.781. The van der Waals surface area contributed by atoms with Crippen molar-refractivity contribution in [3.05, 3.63) is 34.9 Å². The van der Waals surface area contributed by atoms with Gasteiger partial charge in [-0.25, -0.2) is 0 Å². The fourth-order valence-corrected chi connectivity index (χ4v) is 1.69. The third kappa shape index (κ3) is 2.40. The van der Waals surface area contributed by atoms with E-state index in [0.717, 1.165) is 11.4 Å². The molecular formula is C10H12Cl2. The summed E-state index contributed by atoms with van der Waals surface area (Å²) in [6.45, 7) is 2.14. The van der Waals surface area contributed by atoms with Gasteiger partial charge in [0, 0.05) is 10.9 Å². The van der Waals surface area contributed by atoms with Crippen LogP contribution in [0.15, 0.2) is 24.3 Å². The second-order valence-electron chi connectivity index (χ2n) is 2.81. The standard InChI is InChI=1S/C10H12Cl2/c1-2-8(7-11)9-3-5-10(12)6-4-9/h3-6,8H,2,7H2,1H3. The fourth-order valence-electron chi connectivity index (χ4n) is 1.17. The minimum atomic E-state index is 0.462. The molecule has 0 spiro atoms. The molecule has 0 aliphatic carbocycles. The first kappa shape index (κ1) is 9.88. The van der Waals surface area contributed by atoms with E-state index in [1.165, 1.54) is 5.56 Å². The largest absolute Gasteiger partial charge is 0.126 e. The average molecular weight is 203 g/mol. The summed E-state index contributed by atoms with van der Waals surface area (Å²) in [6, 6.07) is 7.90. The molecule has 0 heterocycles. The minimum Gasteiger partial charge on any atom is -0.126 e. The van der Waals surface area contributed by atoms with E-state index >= 15 is 0 Å². The van der Waals surface area contributed by atoms with Crippen molar-refractivity contribution in [3.63, 3.8) is 0 Å². The first-order valence-corrected chi connectivity index (χ1v) is 5.00. The van der Waals surface area contributed by atoms with Crippen LogP contribution >= 0.6 is 23.2 Å². The van der Waals surface area contributed by atoms with Crippen molar-refractivity contribution in [2.24, 2.45) is 0 Å². The van der Waals surface area contributed by atoms with Gasteiger partial charge in [-0.2, -0.15) is 0 Å². The van der Waals surface area contributed by atoms with Gasteiger partial charge in [0.1, 0.15) is 0 Å². The smallest absolute Gasteiger partial charge is 0.0406 e. The molecule has 0 aliphatic rings. The Morgan fingerprint density at radius 3 is 2.25 bits per heavy atom. The van der Waals surface area contributed by atoms with Crippen molar-refractivity contribution in [1.29, 1.82) is 0 Å². The van der Waals surface area contributed by atoms with Crippen molar-refractivity contribution >= 4 is 23.2 Å². The molecular weight excluding hydrogens is 191 g/mol. The van der Waals surface area contributed by atoms with Crippen LogP contribution in [0.4, 0.5) is 0 Å². The quantitative estimate of drug-likeness (QED) is 0.649. The van der Waals surface area contributed by atoms with Gasteiger partial charge >= 0.3 is 0 Å². The summed E-state index contributed by atoms with van der Waals surface area (Å²) in [5.74, 6) is 1.14. The van der Waals surface area contributed by atoms with Crippen molar-refractivity contribution in [1.82, 2.24) is 0 Å². The van der Waals surface area contributed by atoms with E-state index in [9.17, 15) is 0 Å². The molecule has 1 aromatic rings. The predicted molar refractivity (Wildman–Crippen MR) is 55.2 cm³/mol. The molecule has 0 saturated carbocycles. The van der Waals surface area contributed by atoms with E-state index in [1.54, 1.807) is 0 Å². The molecule has 1 atom stereocenters. The molecule has 1 unspecified atom stereocenters. The van der Waals surface area contributed by atoms with Crippen molar-refractivity contribution < 1.29 is 0 Å². The molecule has 2 heteroatoms. The van der Waals surface area contributed by atoms with Crippen LogP contribution in [0.3, 0.4) is 0 Å². The molecule has 0 fully saturated rings. The maximum absolute atomic E-state index is 5.81. The summed E-state index contributed by atoms with van der Waals surface area (Å²) in [4.78, 5) is 0. The Kier molecular flexibility index (Phi) is 3.90. The zero-order valence-corrected chi connectivity index (χ0v) is 8.57. The van der Waals surface area contributed by atoms with Gasteiger partial charge < -0.3 is 0 Å². The number of benzene rings is 1. The van der Waals surface area contributed by atoms with Crippen LogP contribution < -0.4 is 0 Å². The van der Waals surface area contributed by atoms with Gasteiger partial charge in [-0.3, -0.25) is 0 Å². The highest BCUT2D eigenvalue weighted by molar-refractivity contribution is 6.30. The Morgan fingerprint density at radius 1 is 1.25 bits per heavy atom.